The molecule has 2 N–H and O–H groups in total. The maximum atomic E-state index is 12.7. The van der Waals surface area contributed by atoms with E-state index >= 15 is 0 Å². The molecule has 27 heavy (non-hydrogen) atoms. The first kappa shape index (κ1) is 20.5. The number of rotatable bonds is 6. The van der Waals surface area contributed by atoms with Crippen LogP contribution in [0.2, 0.25) is 0 Å². The fourth-order valence-electron chi connectivity index (χ4n) is 5.34. The highest BCUT2D eigenvalue weighted by Crippen LogP contribution is 2.35. The second kappa shape index (κ2) is 10.9. The number of hydrogen-bond donors (Lipinski definition) is 2. The highest BCUT2D eigenvalue weighted by Gasteiger charge is 2.35. The van der Waals surface area contributed by atoms with Crippen molar-refractivity contribution in [2.75, 3.05) is 13.1 Å². The number of urea groups is 1. The van der Waals surface area contributed by atoms with Crippen molar-refractivity contribution in [1.82, 2.24) is 15.5 Å². The maximum absolute atomic E-state index is 12.7. The Balaban J connectivity index is 1.28. The summed E-state index contributed by atoms with van der Waals surface area (Å²) in [5.41, 5.74) is 0. The van der Waals surface area contributed by atoms with Gasteiger partial charge in [0.05, 0.1) is 0 Å². The van der Waals surface area contributed by atoms with Gasteiger partial charge in [0.1, 0.15) is 0 Å². The van der Waals surface area contributed by atoms with Crippen LogP contribution in [0.1, 0.15) is 96.3 Å². The summed E-state index contributed by atoms with van der Waals surface area (Å²) in [6, 6.07) is 0.828. The van der Waals surface area contributed by atoms with Crippen LogP contribution in [0, 0.1) is 5.92 Å². The van der Waals surface area contributed by atoms with Gasteiger partial charge in [0, 0.05) is 31.6 Å². The van der Waals surface area contributed by atoms with Crippen LogP contribution in [0.4, 0.5) is 4.79 Å². The van der Waals surface area contributed by atoms with Crippen molar-refractivity contribution in [2.45, 2.75) is 108 Å². The average molecular weight is 378 g/mol. The molecule has 2 unspecified atom stereocenters. The lowest BCUT2D eigenvalue weighted by Crippen LogP contribution is -2.49. The van der Waals surface area contributed by atoms with Crippen LogP contribution in [0.3, 0.4) is 0 Å². The molecule has 2 atom stereocenters. The molecule has 0 aromatic heterocycles. The Labute approximate surface area is 165 Å². The molecule has 0 bridgehead atoms. The predicted octanol–water partition coefficient (Wildman–Crippen LogP) is 4.36. The van der Waals surface area contributed by atoms with E-state index in [1.54, 1.807) is 0 Å². The van der Waals surface area contributed by atoms with Crippen LogP contribution in [0.25, 0.3) is 0 Å². The third kappa shape index (κ3) is 6.39. The summed E-state index contributed by atoms with van der Waals surface area (Å²) >= 11 is 0. The van der Waals surface area contributed by atoms with E-state index in [1.165, 1.54) is 64.2 Å². The number of nitrogens with zero attached hydrogens (tertiary/aromatic N) is 1. The number of fused-ring (bicyclic) bond motifs is 1. The molecule has 2 aliphatic carbocycles. The predicted molar refractivity (Wildman–Crippen MR) is 109 cm³/mol. The molecular weight excluding hydrogens is 338 g/mol. The fraction of sp³-hybridized carbons (Fsp3) is 0.909. The van der Waals surface area contributed by atoms with E-state index in [-0.39, 0.29) is 6.03 Å². The van der Waals surface area contributed by atoms with Crippen molar-refractivity contribution in [3.8, 4) is 0 Å². The molecule has 5 heteroatoms. The van der Waals surface area contributed by atoms with Crippen LogP contribution in [-0.4, -0.2) is 42.0 Å². The Kier molecular flexibility index (Phi) is 8.28. The molecule has 3 rings (SSSR count). The lowest BCUT2D eigenvalue weighted by atomic mass is 9.78. The van der Waals surface area contributed by atoms with E-state index in [0.717, 1.165) is 38.1 Å². The molecule has 3 fully saturated rings. The van der Waals surface area contributed by atoms with Gasteiger partial charge in [0.25, 0.3) is 0 Å². The van der Waals surface area contributed by atoms with Gasteiger partial charge < -0.3 is 15.5 Å². The third-order valence-electron chi connectivity index (χ3n) is 6.86. The number of carbonyl (C=O) groups excluding carboxylic acids is 2. The lowest BCUT2D eigenvalue weighted by molar-refractivity contribution is -0.137. The third-order valence-corrected chi connectivity index (χ3v) is 6.86. The molecule has 3 amide bonds. The Morgan fingerprint density at radius 1 is 0.815 bits per heavy atom. The van der Waals surface area contributed by atoms with Gasteiger partial charge in [0.2, 0.25) is 5.91 Å². The zero-order valence-electron chi connectivity index (χ0n) is 17.0. The molecule has 2 saturated carbocycles. The van der Waals surface area contributed by atoms with Gasteiger partial charge >= 0.3 is 6.03 Å². The summed E-state index contributed by atoms with van der Waals surface area (Å²) in [5, 5.41) is 6.09. The Bertz CT molecular complexity index is 472. The quantitative estimate of drug-likeness (QED) is 0.534. The zero-order chi connectivity index (χ0) is 18.9. The molecule has 1 aliphatic heterocycles. The topological polar surface area (TPSA) is 61.4 Å². The van der Waals surface area contributed by atoms with Gasteiger partial charge in [-0.2, -0.15) is 0 Å². The van der Waals surface area contributed by atoms with Crippen molar-refractivity contribution >= 4 is 11.9 Å². The van der Waals surface area contributed by atoms with E-state index < -0.39 is 0 Å². The minimum atomic E-state index is -0.0331. The first-order valence-corrected chi connectivity index (χ1v) is 11.6. The number of carbonyl (C=O) groups is 2. The van der Waals surface area contributed by atoms with Crippen molar-refractivity contribution < 1.29 is 9.59 Å². The Morgan fingerprint density at radius 2 is 1.52 bits per heavy atom. The number of amides is 3. The van der Waals surface area contributed by atoms with Crippen molar-refractivity contribution in [3.05, 3.63) is 0 Å². The van der Waals surface area contributed by atoms with Gasteiger partial charge in [-0.15, -0.1) is 0 Å². The Morgan fingerprint density at radius 3 is 2.33 bits per heavy atom. The monoisotopic (exact) mass is 377 g/mol. The fourth-order valence-corrected chi connectivity index (χ4v) is 5.34. The second-order valence-electron chi connectivity index (χ2n) is 8.89. The first-order chi connectivity index (χ1) is 13.2. The minimum Gasteiger partial charge on any atom is -0.339 e. The number of hydrogen-bond acceptors (Lipinski definition) is 2. The number of likely N-dealkylation sites (tertiary alicyclic amines) is 1. The van der Waals surface area contributed by atoms with E-state index in [0.29, 0.717) is 31.0 Å². The van der Waals surface area contributed by atoms with E-state index in [1.807, 2.05) is 0 Å². The standard InChI is InChI=1S/C22H39N3O2/c26-21(25-17-9-11-18-10-5-6-14-20(18)25)15-7-8-16-23-22(27)24-19-12-3-1-2-4-13-19/h18-20H,1-17H2,(H2,23,24,27). The lowest BCUT2D eigenvalue weighted by Gasteiger charge is -2.44. The molecule has 0 aromatic rings. The van der Waals surface area contributed by atoms with Gasteiger partial charge in [0.15, 0.2) is 0 Å². The van der Waals surface area contributed by atoms with Crippen molar-refractivity contribution in [2.24, 2.45) is 5.92 Å². The van der Waals surface area contributed by atoms with E-state index in [4.69, 9.17) is 0 Å². The molecule has 1 heterocycles. The van der Waals surface area contributed by atoms with E-state index in [9.17, 15) is 9.59 Å². The van der Waals surface area contributed by atoms with Crippen LogP contribution in [0.15, 0.2) is 0 Å². The smallest absolute Gasteiger partial charge is 0.315 e. The molecular formula is C22H39N3O2. The molecule has 0 radical (unpaired) electrons. The summed E-state index contributed by atoms with van der Waals surface area (Å²) in [6.45, 7) is 1.62. The Hall–Kier alpha value is -1.26. The molecule has 154 valence electrons. The maximum Gasteiger partial charge on any atom is 0.315 e. The second-order valence-corrected chi connectivity index (χ2v) is 8.89. The average Bonchev–Trinajstić information content (AvgIpc) is 2.95. The number of piperidine rings is 1. The number of unbranched alkanes of at least 4 members (excludes halogenated alkanes) is 1. The summed E-state index contributed by atoms with van der Waals surface area (Å²) in [4.78, 5) is 26.9. The highest BCUT2D eigenvalue weighted by molar-refractivity contribution is 5.76. The van der Waals surface area contributed by atoms with Gasteiger partial charge in [-0.25, -0.2) is 4.79 Å². The van der Waals surface area contributed by atoms with Crippen LogP contribution in [-0.2, 0) is 4.79 Å². The van der Waals surface area contributed by atoms with Gasteiger partial charge in [-0.05, 0) is 57.3 Å². The molecule has 0 spiro atoms. The summed E-state index contributed by atoms with van der Waals surface area (Å²) < 4.78 is 0. The minimum absolute atomic E-state index is 0.0331. The summed E-state index contributed by atoms with van der Waals surface area (Å²) in [5.74, 6) is 1.10. The van der Waals surface area contributed by atoms with Crippen molar-refractivity contribution in [3.63, 3.8) is 0 Å². The molecule has 5 nitrogen and oxygen atoms in total. The van der Waals surface area contributed by atoms with Crippen LogP contribution in [0.5, 0.6) is 0 Å². The molecule has 0 aromatic carbocycles. The zero-order valence-corrected chi connectivity index (χ0v) is 17.0. The highest BCUT2D eigenvalue weighted by atomic mass is 16.2. The SMILES string of the molecule is O=C(NCCCCC(=O)N1CCCC2CCCCC21)NC1CCCCCC1. The normalized spacial score (nSPS) is 26.7. The summed E-state index contributed by atoms with van der Waals surface area (Å²) in [6.07, 6.45) is 17.3. The number of nitrogens with one attached hydrogen (secondary N) is 2. The van der Waals surface area contributed by atoms with E-state index in [2.05, 4.69) is 15.5 Å². The van der Waals surface area contributed by atoms with Crippen LogP contribution < -0.4 is 10.6 Å². The van der Waals surface area contributed by atoms with Gasteiger partial charge in [-0.1, -0.05) is 38.5 Å². The van der Waals surface area contributed by atoms with Gasteiger partial charge in [-0.3, -0.25) is 4.79 Å². The summed E-state index contributed by atoms with van der Waals surface area (Å²) in [7, 11) is 0. The van der Waals surface area contributed by atoms with Crippen LogP contribution >= 0.6 is 0 Å². The molecule has 3 aliphatic rings. The molecule has 1 saturated heterocycles. The largest absolute Gasteiger partial charge is 0.339 e. The first-order valence-electron chi connectivity index (χ1n) is 11.6. The van der Waals surface area contributed by atoms with Crippen molar-refractivity contribution in [1.29, 1.82) is 0 Å².